The highest BCUT2D eigenvalue weighted by Crippen LogP contribution is 2.20. The summed E-state index contributed by atoms with van der Waals surface area (Å²) in [7, 11) is 3.56. The van der Waals surface area contributed by atoms with E-state index in [0.717, 1.165) is 18.2 Å². The lowest BCUT2D eigenvalue weighted by Crippen LogP contribution is -2.00. The van der Waals surface area contributed by atoms with Crippen LogP contribution in [0.2, 0.25) is 0 Å². The first-order valence-electron chi connectivity index (χ1n) is 4.29. The largest absolute Gasteiger partial charge is 0.383 e. The van der Waals surface area contributed by atoms with Crippen molar-refractivity contribution in [2.24, 2.45) is 0 Å². The Labute approximate surface area is 86.8 Å². The second-order valence-electron chi connectivity index (χ2n) is 3.24. The average molecular weight is 210 g/mol. The lowest BCUT2D eigenvalue weighted by molar-refractivity contribution is -0.385. The zero-order chi connectivity index (χ0) is 11.4. The first kappa shape index (κ1) is 11.2. The number of benzene rings is 1. The molecule has 0 spiro atoms. The number of nitro benzene ring substituents is 1. The minimum absolute atomic E-state index is 0.102. The maximum atomic E-state index is 12.9. The van der Waals surface area contributed by atoms with Gasteiger partial charge >= 0.3 is 0 Å². The maximum absolute atomic E-state index is 12.9. The van der Waals surface area contributed by atoms with Crippen molar-refractivity contribution in [2.45, 2.75) is 0 Å². The molecule has 0 saturated carbocycles. The lowest BCUT2D eigenvalue weighted by Gasteiger charge is -2.03. The van der Waals surface area contributed by atoms with Gasteiger partial charge < -0.3 is 4.90 Å². The predicted octanol–water partition coefficient (Wildman–Crippen LogP) is 2.27. The molecule has 1 aromatic rings. The molecule has 0 aromatic heterocycles. The van der Waals surface area contributed by atoms with Crippen molar-refractivity contribution in [3.05, 3.63) is 45.9 Å². The molecule has 0 saturated heterocycles. The molecule has 0 atom stereocenters. The summed E-state index contributed by atoms with van der Waals surface area (Å²) < 4.78 is 12.9. The monoisotopic (exact) mass is 210 g/mol. The van der Waals surface area contributed by atoms with Crippen LogP contribution < -0.4 is 0 Å². The summed E-state index contributed by atoms with van der Waals surface area (Å²) in [5.74, 6) is -0.487. The van der Waals surface area contributed by atoms with E-state index in [2.05, 4.69) is 0 Å². The first-order valence-corrected chi connectivity index (χ1v) is 4.29. The van der Waals surface area contributed by atoms with Gasteiger partial charge in [0.15, 0.2) is 0 Å². The summed E-state index contributed by atoms with van der Waals surface area (Å²) in [6.45, 7) is 0. The van der Waals surface area contributed by atoms with Gasteiger partial charge in [-0.2, -0.15) is 0 Å². The molecule has 0 amide bonds. The number of hydrogen-bond acceptors (Lipinski definition) is 3. The fourth-order valence-electron chi connectivity index (χ4n) is 1.05. The second kappa shape index (κ2) is 4.54. The first-order chi connectivity index (χ1) is 7.00. The van der Waals surface area contributed by atoms with Crippen molar-refractivity contribution >= 4 is 11.8 Å². The van der Waals surface area contributed by atoms with Gasteiger partial charge in [-0.1, -0.05) is 0 Å². The highest BCUT2D eigenvalue weighted by Gasteiger charge is 2.11. The molecular formula is C10H11FN2O2. The van der Waals surface area contributed by atoms with E-state index in [1.165, 1.54) is 6.08 Å². The van der Waals surface area contributed by atoms with Crippen LogP contribution in [0, 0.1) is 15.9 Å². The lowest BCUT2D eigenvalue weighted by atomic mass is 10.1. The number of halogens is 1. The van der Waals surface area contributed by atoms with Gasteiger partial charge in [-0.05, 0) is 24.4 Å². The minimum Gasteiger partial charge on any atom is -0.383 e. The van der Waals surface area contributed by atoms with Crippen LogP contribution in [-0.2, 0) is 0 Å². The van der Waals surface area contributed by atoms with E-state index in [9.17, 15) is 14.5 Å². The molecule has 5 heteroatoms. The van der Waals surface area contributed by atoms with Crippen LogP contribution in [0.25, 0.3) is 6.08 Å². The van der Waals surface area contributed by atoms with E-state index in [1.54, 1.807) is 25.2 Å². The molecule has 0 aliphatic rings. The van der Waals surface area contributed by atoms with Crippen molar-refractivity contribution in [1.29, 1.82) is 0 Å². The highest BCUT2D eigenvalue weighted by atomic mass is 19.1. The van der Waals surface area contributed by atoms with Crippen LogP contribution in [0.5, 0.6) is 0 Å². The smallest absolute Gasteiger partial charge is 0.276 e. The average Bonchev–Trinajstić information content (AvgIpc) is 2.14. The van der Waals surface area contributed by atoms with Crippen LogP contribution in [0.4, 0.5) is 10.1 Å². The topological polar surface area (TPSA) is 46.4 Å². The molecule has 0 radical (unpaired) electrons. The predicted molar refractivity (Wildman–Crippen MR) is 55.8 cm³/mol. The Kier molecular flexibility index (Phi) is 3.38. The molecule has 0 bridgehead atoms. The Morgan fingerprint density at radius 3 is 2.67 bits per heavy atom. The fraction of sp³-hybridized carbons (Fsp3) is 0.200. The van der Waals surface area contributed by atoms with E-state index >= 15 is 0 Å². The zero-order valence-electron chi connectivity index (χ0n) is 8.48. The van der Waals surface area contributed by atoms with Gasteiger partial charge in [0.25, 0.3) is 5.69 Å². The maximum Gasteiger partial charge on any atom is 0.276 e. The van der Waals surface area contributed by atoms with E-state index in [4.69, 9.17) is 0 Å². The Balaban J connectivity index is 3.13. The number of nitro groups is 1. The summed E-state index contributed by atoms with van der Waals surface area (Å²) in [5, 5.41) is 10.6. The van der Waals surface area contributed by atoms with Crippen molar-refractivity contribution in [1.82, 2.24) is 4.90 Å². The van der Waals surface area contributed by atoms with Gasteiger partial charge in [0.2, 0.25) is 0 Å². The van der Waals surface area contributed by atoms with E-state index in [-0.39, 0.29) is 11.3 Å². The molecule has 0 N–H and O–H groups in total. The molecule has 1 rings (SSSR count). The summed E-state index contributed by atoms with van der Waals surface area (Å²) in [6.07, 6.45) is 3.13. The van der Waals surface area contributed by atoms with Crippen molar-refractivity contribution in [2.75, 3.05) is 14.1 Å². The van der Waals surface area contributed by atoms with Crippen LogP contribution in [0.1, 0.15) is 5.56 Å². The quantitative estimate of drug-likeness (QED) is 0.568. The van der Waals surface area contributed by atoms with Gasteiger partial charge in [-0.15, -0.1) is 0 Å². The summed E-state index contributed by atoms with van der Waals surface area (Å²) in [6, 6.07) is 3.37. The standard InChI is InChI=1S/C10H11FN2O2/c1-12(2)6-5-8-7-9(11)3-4-10(8)13(14)15/h3-7H,1-2H3. The van der Waals surface area contributed by atoms with E-state index < -0.39 is 10.7 Å². The van der Waals surface area contributed by atoms with E-state index in [1.807, 2.05) is 0 Å². The molecule has 0 unspecified atom stereocenters. The Morgan fingerprint density at radius 2 is 2.13 bits per heavy atom. The van der Waals surface area contributed by atoms with Crippen molar-refractivity contribution in [3.63, 3.8) is 0 Å². The number of hydrogen-bond donors (Lipinski definition) is 0. The van der Waals surface area contributed by atoms with Gasteiger partial charge in [0, 0.05) is 20.2 Å². The Morgan fingerprint density at radius 1 is 1.47 bits per heavy atom. The van der Waals surface area contributed by atoms with Crippen LogP contribution in [0.15, 0.2) is 24.4 Å². The molecule has 1 aromatic carbocycles. The Bertz CT molecular complexity index is 402. The molecule has 0 aliphatic heterocycles. The third kappa shape index (κ3) is 3.05. The van der Waals surface area contributed by atoms with E-state index in [0.29, 0.717) is 0 Å². The van der Waals surface area contributed by atoms with Gasteiger partial charge in [0.05, 0.1) is 10.5 Å². The van der Waals surface area contributed by atoms with Crippen molar-refractivity contribution < 1.29 is 9.31 Å². The summed E-state index contributed by atoms with van der Waals surface area (Å²) in [5.41, 5.74) is 0.156. The highest BCUT2D eigenvalue weighted by molar-refractivity contribution is 5.60. The van der Waals surface area contributed by atoms with Gasteiger partial charge in [0.1, 0.15) is 5.82 Å². The third-order valence-corrected chi connectivity index (χ3v) is 1.74. The fourth-order valence-corrected chi connectivity index (χ4v) is 1.05. The number of nitrogens with zero attached hydrogens (tertiary/aromatic N) is 2. The molecule has 4 nitrogen and oxygen atoms in total. The normalized spacial score (nSPS) is 10.6. The van der Waals surface area contributed by atoms with Crippen LogP contribution in [0.3, 0.4) is 0 Å². The molecule has 0 fully saturated rings. The zero-order valence-corrected chi connectivity index (χ0v) is 8.48. The second-order valence-corrected chi connectivity index (χ2v) is 3.24. The van der Waals surface area contributed by atoms with Crippen LogP contribution >= 0.6 is 0 Å². The van der Waals surface area contributed by atoms with Crippen LogP contribution in [-0.4, -0.2) is 23.9 Å². The SMILES string of the molecule is CN(C)C=Cc1cc(F)ccc1[N+](=O)[O-]. The number of rotatable bonds is 3. The summed E-state index contributed by atoms with van der Waals surface area (Å²) in [4.78, 5) is 11.8. The molecular weight excluding hydrogens is 199 g/mol. The van der Waals surface area contributed by atoms with Crippen molar-refractivity contribution in [3.8, 4) is 0 Å². The van der Waals surface area contributed by atoms with Gasteiger partial charge in [-0.3, -0.25) is 10.1 Å². The molecule has 15 heavy (non-hydrogen) atoms. The summed E-state index contributed by atoms with van der Waals surface area (Å²) >= 11 is 0. The third-order valence-electron chi connectivity index (χ3n) is 1.74. The molecule has 80 valence electrons. The van der Waals surface area contributed by atoms with Gasteiger partial charge in [-0.25, -0.2) is 4.39 Å². The minimum atomic E-state index is -0.533. The molecule has 0 aliphatic carbocycles. The Hall–Kier alpha value is -1.91. The molecule has 0 heterocycles.